The molecular formula is C13H21N3O5. The number of carboxylic acid groups (broad SMARTS) is 1. The summed E-state index contributed by atoms with van der Waals surface area (Å²) in [5, 5.41) is 11.3. The number of nitrogens with one attached hydrogen (secondary N) is 1. The van der Waals surface area contributed by atoms with Gasteiger partial charge in [-0.2, -0.15) is 0 Å². The Hall–Kier alpha value is -2.09. The Kier molecular flexibility index (Phi) is 6.67. The molecule has 8 nitrogen and oxygen atoms in total. The first kappa shape index (κ1) is 17.0. The van der Waals surface area contributed by atoms with Gasteiger partial charge in [0.05, 0.1) is 13.2 Å². The van der Waals surface area contributed by atoms with E-state index < -0.39 is 24.6 Å². The molecule has 118 valence electrons. The second-order valence-corrected chi connectivity index (χ2v) is 4.67. The molecule has 1 heterocycles. The third-order valence-electron chi connectivity index (χ3n) is 3.00. The summed E-state index contributed by atoms with van der Waals surface area (Å²) in [5.41, 5.74) is 0. The van der Waals surface area contributed by atoms with E-state index in [4.69, 9.17) is 9.84 Å². The van der Waals surface area contributed by atoms with E-state index in [2.05, 4.69) is 11.9 Å². The molecule has 8 heteroatoms. The second kappa shape index (κ2) is 8.25. The zero-order valence-electron chi connectivity index (χ0n) is 12.1. The van der Waals surface area contributed by atoms with Crippen molar-refractivity contribution in [2.45, 2.75) is 13.0 Å². The zero-order chi connectivity index (χ0) is 15.8. The molecule has 21 heavy (non-hydrogen) atoms. The summed E-state index contributed by atoms with van der Waals surface area (Å²) in [6.07, 6.45) is 1.43. The van der Waals surface area contributed by atoms with E-state index in [0.29, 0.717) is 26.3 Å². The van der Waals surface area contributed by atoms with E-state index in [-0.39, 0.29) is 12.5 Å². The van der Waals surface area contributed by atoms with Crippen molar-refractivity contribution >= 4 is 17.9 Å². The van der Waals surface area contributed by atoms with Gasteiger partial charge in [-0.15, -0.1) is 6.58 Å². The van der Waals surface area contributed by atoms with E-state index in [0.717, 1.165) is 4.90 Å². The number of amides is 3. The van der Waals surface area contributed by atoms with Crippen molar-refractivity contribution in [3.05, 3.63) is 12.7 Å². The maximum Gasteiger partial charge on any atom is 0.323 e. The molecular weight excluding hydrogens is 278 g/mol. The molecule has 1 aliphatic heterocycles. The normalized spacial score (nSPS) is 16.0. The van der Waals surface area contributed by atoms with Crippen molar-refractivity contribution in [2.75, 3.05) is 39.4 Å². The van der Waals surface area contributed by atoms with E-state index in [1.165, 1.54) is 6.08 Å². The van der Waals surface area contributed by atoms with Crippen LogP contribution in [0.15, 0.2) is 12.7 Å². The highest BCUT2D eigenvalue weighted by atomic mass is 16.5. The smallest absolute Gasteiger partial charge is 0.323 e. The molecule has 0 aromatic heterocycles. The Labute approximate surface area is 123 Å². The van der Waals surface area contributed by atoms with Crippen LogP contribution in [-0.2, 0) is 14.3 Å². The standard InChI is InChI=1S/C13H21N3O5/c1-3-4-16(9-11(17)18)13(20)14-10(2)12(19)15-5-7-21-8-6-15/h3,10H,1,4-9H2,2H3,(H,14,20)(H,17,18). The summed E-state index contributed by atoms with van der Waals surface area (Å²) in [7, 11) is 0. The fraction of sp³-hybridized carbons (Fsp3) is 0.615. The van der Waals surface area contributed by atoms with Crippen LogP contribution in [0.3, 0.4) is 0 Å². The van der Waals surface area contributed by atoms with Gasteiger partial charge in [-0.25, -0.2) is 4.79 Å². The molecule has 0 bridgehead atoms. The lowest BCUT2D eigenvalue weighted by atomic mass is 10.2. The average Bonchev–Trinajstić information content (AvgIpc) is 2.46. The summed E-state index contributed by atoms with van der Waals surface area (Å²) < 4.78 is 5.16. The van der Waals surface area contributed by atoms with Crippen LogP contribution in [0.1, 0.15) is 6.92 Å². The van der Waals surface area contributed by atoms with Crippen LogP contribution in [0.2, 0.25) is 0 Å². The first-order valence-corrected chi connectivity index (χ1v) is 6.70. The van der Waals surface area contributed by atoms with E-state index in [1.807, 2.05) is 0 Å². The largest absolute Gasteiger partial charge is 0.480 e. The molecule has 1 fully saturated rings. The molecule has 1 rings (SSSR count). The zero-order valence-corrected chi connectivity index (χ0v) is 12.1. The van der Waals surface area contributed by atoms with Crippen molar-refractivity contribution in [3.63, 3.8) is 0 Å². The topological polar surface area (TPSA) is 99.2 Å². The molecule has 0 aliphatic carbocycles. The quantitative estimate of drug-likeness (QED) is 0.645. The minimum absolute atomic E-state index is 0.0938. The number of urea groups is 1. The lowest BCUT2D eigenvalue weighted by molar-refractivity contribution is -0.137. The first-order valence-electron chi connectivity index (χ1n) is 6.70. The predicted molar refractivity (Wildman–Crippen MR) is 74.8 cm³/mol. The number of rotatable bonds is 6. The summed E-state index contributed by atoms with van der Waals surface area (Å²) in [4.78, 5) is 37.5. The number of ether oxygens (including phenoxy) is 1. The van der Waals surface area contributed by atoms with Crippen LogP contribution in [0.4, 0.5) is 4.79 Å². The minimum atomic E-state index is -1.13. The number of carboxylic acids is 1. The Bertz CT molecular complexity index is 407. The fourth-order valence-corrected chi connectivity index (χ4v) is 1.93. The molecule has 1 unspecified atom stereocenters. The van der Waals surface area contributed by atoms with Crippen LogP contribution in [0.5, 0.6) is 0 Å². The molecule has 1 atom stereocenters. The molecule has 0 radical (unpaired) electrons. The van der Waals surface area contributed by atoms with Crippen molar-refractivity contribution in [3.8, 4) is 0 Å². The highest BCUT2D eigenvalue weighted by molar-refractivity contribution is 5.88. The van der Waals surface area contributed by atoms with Gasteiger partial charge >= 0.3 is 12.0 Å². The van der Waals surface area contributed by atoms with Gasteiger partial charge in [-0.3, -0.25) is 9.59 Å². The van der Waals surface area contributed by atoms with Crippen LogP contribution in [0, 0.1) is 0 Å². The van der Waals surface area contributed by atoms with Gasteiger partial charge in [0.2, 0.25) is 5.91 Å². The number of hydrogen-bond acceptors (Lipinski definition) is 4. The van der Waals surface area contributed by atoms with Gasteiger partial charge in [0.1, 0.15) is 12.6 Å². The highest BCUT2D eigenvalue weighted by Gasteiger charge is 2.25. The number of aliphatic carboxylic acids is 1. The van der Waals surface area contributed by atoms with Gasteiger partial charge in [0.15, 0.2) is 0 Å². The summed E-state index contributed by atoms with van der Waals surface area (Å²) in [5.74, 6) is -1.33. The van der Waals surface area contributed by atoms with Crippen LogP contribution in [0.25, 0.3) is 0 Å². The van der Waals surface area contributed by atoms with Gasteiger partial charge in [-0.1, -0.05) is 6.08 Å². The van der Waals surface area contributed by atoms with Gasteiger partial charge in [0.25, 0.3) is 0 Å². The lowest BCUT2D eigenvalue weighted by Crippen LogP contribution is -2.53. The van der Waals surface area contributed by atoms with Crippen molar-refractivity contribution in [1.29, 1.82) is 0 Å². The van der Waals surface area contributed by atoms with E-state index in [9.17, 15) is 14.4 Å². The maximum absolute atomic E-state index is 12.1. The Morgan fingerprint density at radius 1 is 1.43 bits per heavy atom. The lowest BCUT2D eigenvalue weighted by Gasteiger charge is -2.30. The van der Waals surface area contributed by atoms with Crippen molar-refractivity contribution < 1.29 is 24.2 Å². The predicted octanol–water partition coefficient (Wildman–Crippen LogP) is -0.484. The van der Waals surface area contributed by atoms with Crippen LogP contribution < -0.4 is 5.32 Å². The molecule has 3 amide bonds. The summed E-state index contributed by atoms with van der Waals surface area (Å²) >= 11 is 0. The monoisotopic (exact) mass is 299 g/mol. The van der Waals surface area contributed by atoms with Gasteiger partial charge in [0, 0.05) is 19.6 Å². The molecule has 0 aromatic rings. The molecule has 1 saturated heterocycles. The fourth-order valence-electron chi connectivity index (χ4n) is 1.93. The van der Waals surface area contributed by atoms with E-state index in [1.54, 1.807) is 11.8 Å². The Morgan fingerprint density at radius 3 is 2.57 bits per heavy atom. The number of hydrogen-bond donors (Lipinski definition) is 2. The van der Waals surface area contributed by atoms with Crippen molar-refractivity contribution in [1.82, 2.24) is 15.1 Å². The number of nitrogens with zero attached hydrogens (tertiary/aromatic N) is 2. The third-order valence-corrected chi connectivity index (χ3v) is 3.00. The van der Waals surface area contributed by atoms with Gasteiger partial charge < -0.3 is 25.0 Å². The molecule has 0 aromatic carbocycles. The Balaban J connectivity index is 2.55. The highest BCUT2D eigenvalue weighted by Crippen LogP contribution is 2.01. The minimum Gasteiger partial charge on any atom is -0.480 e. The number of carbonyl (C=O) groups is 3. The number of carbonyl (C=O) groups excluding carboxylic acids is 2. The molecule has 0 saturated carbocycles. The molecule has 2 N–H and O–H groups in total. The first-order chi connectivity index (χ1) is 9.95. The van der Waals surface area contributed by atoms with Crippen molar-refractivity contribution in [2.24, 2.45) is 0 Å². The van der Waals surface area contributed by atoms with E-state index >= 15 is 0 Å². The Morgan fingerprint density at radius 2 is 2.05 bits per heavy atom. The summed E-state index contributed by atoms with van der Waals surface area (Å²) in [6.45, 7) is 6.63. The molecule has 0 spiro atoms. The maximum atomic E-state index is 12.1. The third kappa shape index (κ3) is 5.42. The molecule has 1 aliphatic rings. The average molecular weight is 299 g/mol. The number of morpholine rings is 1. The summed E-state index contributed by atoms with van der Waals surface area (Å²) in [6, 6.07) is -1.33. The second-order valence-electron chi connectivity index (χ2n) is 4.67. The SMILES string of the molecule is C=CCN(CC(=O)O)C(=O)NC(C)C(=O)N1CCOCC1. The van der Waals surface area contributed by atoms with Crippen LogP contribution >= 0.6 is 0 Å². The van der Waals surface area contributed by atoms with Crippen LogP contribution in [-0.4, -0.2) is 78.2 Å². The van der Waals surface area contributed by atoms with Gasteiger partial charge in [-0.05, 0) is 6.92 Å².